The molecule has 0 spiro atoms. The summed E-state index contributed by atoms with van der Waals surface area (Å²) in [7, 11) is -6.65. The van der Waals surface area contributed by atoms with Crippen LogP contribution in [0.25, 0.3) is 0 Å². The summed E-state index contributed by atoms with van der Waals surface area (Å²) < 4.78 is 32.9. The zero-order chi connectivity index (χ0) is 10.4. The van der Waals surface area contributed by atoms with E-state index in [-0.39, 0.29) is 10.0 Å². The summed E-state index contributed by atoms with van der Waals surface area (Å²) >= 11 is 0. The van der Waals surface area contributed by atoms with Gasteiger partial charge in [0.1, 0.15) is 0 Å². The van der Waals surface area contributed by atoms with E-state index in [1.807, 2.05) is 0 Å². The molecule has 6 N–H and O–H groups in total. The molecular formula is H6N3O7Si4. The summed E-state index contributed by atoms with van der Waals surface area (Å²) in [6, 6.07) is 0. The van der Waals surface area contributed by atoms with Gasteiger partial charge in [0, 0.05) is 0 Å². The lowest BCUT2D eigenvalue weighted by atomic mass is 13.6. The van der Waals surface area contributed by atoms with Crippen LogP contribution in [0.15, 0.2) is 0 Å². The van der Waals surface area contributed by atoms with E-state index in [9.17, 15) is 0 Å². The van der Waals surface area contributed by atoms with Gasteiger partial charge in [0.25, 0.3) is 0 Å². The molecule has 0 bridgehead atoms. The normalized spacial score (nSPS) is 24.2. The second kappa shape index (κ2) is 6.14. The maximum absolute atomic E-state index is 5.02. The summed E-state index contributed by atoms with van der Waals surface area (Å²) in [5.41, 5.74) is 0. The molecule has 1 rings (SSSR count). The minimum atomic E-state index is -3.63. The van der Waals surface area contributed by atoms with Crippen LogP contribution >= 0.6 is 0 Å². The van der Waals surface area contributed by atoms with Gasteiger partial charge < -0.3 is 16.5 Å². The van der Waals surface area contributed by atoms with Gasteiger partial charge in [0.15, 0.2) is 0 Å². The fourth-order valence-electron chi connectivity index (χ4n) is 0.460. The molecule has 0 atom stereocenters. The van der Waals surface area contributed by atoms with E-state index in [2.05, 4.69) is 13.6 Å². The van der Waals surface area contributed by atoms with Crippen LogP contribution in [0, 0.1) is 0 Å². The molecule has 1 heterocycles. The maximum Gasteiger partial charge on any atom is 0.697 e. The summed E-state index contributed by atoms with van der Waals surface area (Å²) in [6.45, 7) is 0. The van der Waals surface area contributed by atoms with Crippen LogP contribution in [0.4, 0.5) is 0 Å². The molecule has 0 aromatic carbocycles. The zero-order valence-electron chi connectivity index (χ0n) is 6.59. The van der Waals surface area contributed by atoms with E-state index in [1.54, 1.807) is 0 Å². The molecule has 1 fully saturated rings. The molecule has 1 aliphatic rings. The summed E-state index contributed by atoms with van der Waals surface area (Å²) in [6.07, 6.45) is 0. The highest BCUT2D eigenvalue weighted by molar-refractivity contribution is 6.68. The Labute approximate surface area is 86.9 Å². The number of hydrogen-bond acceptors (Lipinski definition) is 10. The van der Waals surface area contributed by atoms with Gasteiger partial charge in [-0.15, -0.1) is 0 Å². The van der Waals surface area contributed by atoms with E-state index >= 15 is 0 Å². The van der Waals surface area contributed by atoms with Crippen molar-refractivity contribution in [3.8, 4) is 0 Å². The Morgan fingerprint density at radius 1 is 1.14 bits per heavy atom. The van der Waals surface area contributed by atoms with E-state index in [4.69, 9.17) is 34.2 Å². The first-order chi connectivity index (χ1) is 6.76. The lowest BCUT2D eigenvalue weighted by molar-refractivity contribution is 0.0124. The fourth-order valence-corrected chi connectivity index (χ4v) is 5.47. The van der Waals surface area contributed by atoms with Gasteiger partial charge in [-0.05, 0) is 0 Å². The summed E-state index contributed by atoms with van der Waals surface area (Å²) in [5.74, 6) is 14.7. The lowest BCUT2D eigenvalue weighted by Crippen LogP contribution is -2.59. The van der Waals surface area contributed by atoms with Crippen LogP contribution in [0.1, 0.15) is 0 Å². The molecule has 0 unspecified atom stereocenters. The van der Waals surface area contributed by atoms with Crippen molar-refractivity contribution in [1.82, 2.24) is 0 Å². The average Bonchev–Trinajstić information content (AvgIpc) is 2.19. The van der Waals surface area contributed by atoms with Crippen molar-refractivity contribution in [1.29, 1.82) is 0 Å². The van der Waals surface area contributed by atoms with Gasteiger partial charge in [-0.25, -0.2) is 17.7 Å². The number of hydrogen-bond donors (Lipinski definition) is 3. The molecule has 0 aromatic rings. The maximum atomic E-state index is 5.02. The molecule has 79 valence electrons. The quantitative estimate of drug-likeness (QED) is 0.346. The minimum Gasteiger partial charge on any atom is -0.412 e. The molecule has 10 nitrogen and oxygen atoms in total. The van der Waals surface area contributed by atoms with E-state index in [0.717, 1.165) is 0 Å². The molecule has 0 saturated carbocycles. The van der Waals surface area contributed by atoms with Gasteiger partial charge in [0.2, 0.25) is 0 Å². The molecule has 14 heavy (non-hydrogen) atoms. The Morgan fingerprint density at radius 2 is 1.86 bits per heavy atom. The van der Waals surface area contributed by atoms with E-state index in [0.29, 0.717) is 0 Å². The van der Waals surface area contributed by atoms with Gasteiger partial charge >= 0.3 is 38.6 Å². The van der Waals surface area contributed by atoms with Crippen LogP contribution in [-0.2, 0) is 30.0 Å². The summed E-state index contributed by atoms with van der Waals surface area (Å²) in [4.78, 5) is 0. The SMILES string of the molecule is NO[Si]1O[Si]O[Si]O[Si](ON)(ON)O1. The Kier molecular flexibility index (Phi) is 5.50. The Bertz CT molecular complexity index is 165. The third-order valence-electron chi connectivity index (χ3n) is 0.968. The largest absolute Gasteiger partial charge is 0.697 e. The standard InChI is InChI=1S/H6N3O7Si4/c1-4-13-8-11-7-12-9-14(5-2,6-3)10-13/h1-3H2. The number of nitrogens with two attached hydrogens (primary N) is 3. The van der Waals surface area contributed by atoms with Crippen LogP contribution in [0.2, 0.25) is 0 Å². The van der Waals surface area contributed by atoms with Crippen molar-refractivity contribution in [3.05, 3.63) is 0 Å². The van der Waals surface area contributed by atoms with Crippen LogP contribution in [-0.4, -0.2) is 38.6 Å². The Morgan fingerprint density at radius 3 is 2.43 bits per heavy atom. The van der Waals surface area contributed by atoms with Crippen LogP contribution in [0.3, 0.4) is 0 Å². The molecular weight excluding hydrogens is 266 g/mol. The molecule has 0 aromatic heterocycles. The van der Waals surface area contributed by atoms with Gasteiger partial charge in [-0.3, -0.25) is 13.6 Å². The Hall–Kier alpha value is 0.468. The molecule has 14 heteroatoms. The smallest absolute Gasteiger partial charge is 0.412 e. The third kappa shape index (κ3) is 3.25. The molecule has 0 amide bonds. The highest BCUT2D eigenvalue weighted by Crippen LogP contribution is 2.10. The predicted octanol–water partition coefficient (Wildman–Crippen LogP) is -3.77. The van der Waals surface area contributed by atoms with Crippen LogP contribution < -0.4 is 17.7 Å². The topological polar surface area (TPSA) is 143 Å². The lowest BCUT2D eigenvalue weighted by Gasteiger charge is -2.26. The first-order valence-electron chi connectivity index (χ1n) is 2.95. The first kappa shape index (κ1) is 12.5. The monoisotopic (exact) mass is 272 g/mol. The van der Waals surface area contributed by atoms with Gasteiger partial charge in [0.05, 0.1) is 0 Å². The Balaban J connectivity index is 2.60. The van der Waals surface area contributed by atoms with Crippen molar-refractivity contribution >= 4 is 38.6 Å². The van der Waals surface area contributed by atoms with Gasteiger partial charge in [-0.1, -0.05) is 0 Å². The van der Waals surface area contributed by atoms with E-state index < -0.39 is 28.6 Å². The van der Waals surface area contributed by atoms with Crippen molar-refractivity contribution in [2.45, 2.75) is 0 Å². The van der Waals surface area contributed by atoms with Crippen molar-refractivity contribution < 1.29 is 30.0 Å². The van der Waals surface area contributed by atoms with Crippen LogP contribution in [0.5, 0.6) is 0 Å². The van der Waals surface area contributed by atoms with Crippen molar-refractivity contribution in [2.24, 2.45) is 17.7 Å². The molecule has 0 aliphatic carbocycles. The summed E-state index contributed by atoms with van der Waals surface area (Å²) in [5, 5.41) is 0. The highest BCUT2D eigenvalue weighted by Gasteiger charge is 2.51. The second-order valence-electron chi connectivity index (χ2n) is 1.68. The second-order valence-corrected chi connectivity index (χ2v) is 7.48. The average molecular weight is 272 g/mol. The zero-order valence-corrected chi connectivity index (χ0v) is 10.6. The van der Waals surface area contributed by atoms with E-state index in [1.165, 1.54) is 0 Å². The highest BCUT2D eigenvalue weighted by atomic mass is 28.5. The third-order valence-corrected chi connectivity index (χ3v) is 6.40. The number of rotatable bonds is 3. The molecule has 1 aliphatic heterocycles. The fraction of sp³-hybridized carbons (Fsp3) is 0. The first-order valence-corrected chi connectivity index (χ1v) is 7.44. The molecule has 1 saturated heterocycles. The predicted molar refractivity (Wildman–Crippen MR) is 43.2 cm³/mol. The molecule has 5 radical (unpaired) electrons. The van der Waals surface area contributed by atoms with Crippen molar-refractivity contribution in [3.63, 3.8) is 0 Å². The van der Waals surface area contributed by atoms with Crippen molar-refractivity contribution in [2.75, 3.05) is 0 Å². The van der Waals surface area contributed by atoms with Gasteiger partial charge in [-0.2, -0.15) is 0 Å². The minimum absolute atomic E-state index is 0.312.